The third-order valence-electron chi connectivity index (χ3n) is 3.07. The first-order valence-electron chi connectivity index (χ1n) is 6.25. The molecule has 0 aliphatic rings. The van der Waals surface area contributed by atoms with Crippen molar-refractivity contribution in [3.8, 4) is 0 Å². The molecule has 1 atom stereocenters. The van der Waals surface area contributed by atoms with E-state index in [2.05, 4.69) is 10.1 Å². The smallest absolute Gasteiger partial charge is 0.340 e. The number of carbonyl (C=O) groups excluding carboxylic acids is 1. The average Bonchev–Trinajstić information content (AvgIpc) is 2.39. The Labute approximate surface area is 112 Å². The summed E-state index contributed by atoms with van der Waals surface area (Å²) in [5.74, 6) is -2.84. The molecule has 0 heterocycles. The van der Waals surface area contributed by atoms with Crippen molar-refractivity contribution in [2.45, 2.75) is 33.2 Å². The Morgan fingerprint density at radius 1 is 1.32 bits per heavy atom. The van der Waals surface area contributed by atoms with Crippen molar-refractivity contribution >= 4 is 11.7 Å². The van der Waals surface area contributed by atoms with Crippen LogP contribution in [0.2, 0.25) is 0 Å². The van der Waals surface area contributed by atoms with E-state index in [4.69, 9.17) is 0 Å². The van der Waals surface area contributed by atoms with Gasteiger partial charge in [0.1, 0.15) is 0 Å². The molecule has 0 aromatic heterocycles. The summed E-state index contributed by atoms with van der Waals surface area (Å²) in [5, 5.41) is 2.95. The number of methoxy groups -OCH3 is 1. The Bertz CT molecular complexity index is 461. The van der Waals surface area contributed by atoms with E-state index in [9.17, 15) is 13.6 Å². The lowest BCUT2D eigenvalue weighted by molar-refractivity contribution is 0.0594. The van der Waals surface area contributed by atoms with Gasteiger partial charge in [-0.05, 0) is 24.5 Å². The minimum Gasteiger partial charge on any atom is -0.465 e. The van der Waals surface area contributed by atoms with Gasteiger partial charge in [0.2, 0.25) is 0 Å². The number of anilines is 1. The standard InChI is InChI=1S/C14H19F2NO2/c1-5-10(8(2)3)17-11-7-6-9(14(18)19-4)12(15)13(11)16/h6-8,10,17H,5H2,1-4H3. The summed E-state index contributed by atoms with van der Waals surface area (Å²) < 4.78 is 32.0. The summed E-state index contributed by atoms with van der Waals surface area (Å²) in [6.45, 7) is 5.96. The number of carbonyl (C=O) groups is 1. The van der Waals surface area contributed by atoms with Gasteiger partial charge in [0.05, 0.1) is 18.4 Å². The number of ether oxygens (including phenoxy) is 1. The van der Waals surface area contributed by atoms with Crippen LogP contribution >= 0.6 is 0 Å². The molecule has 106 valence electrons. The molecule has 1 rings (SSSR count). The van der Waals surface area contributed by atoms with Gasteiger partial charge in [-0.1, -0.05) is 20.8 Å². The van der Waals surface area contributed by atoms with Crippen molar-refractivity contribution in [3.05, 3.63) is 29.3 Å². The molecule has 0 spiro atoms. The normalized spacial score (nSPS) is 12.4. The fraction of sp³-hybridized carbons (Fsp3) is 0.500. The highest BCUT2D eigenvalue weighted by molar-refractivity contribution is 5.90. The van der Waals surface area contributed by atoms with E-state index in [1.54, 1.807) is 0 Å². The van der Waals surface area contributed by atoms with E-state index in [-0.39, 0.29) is 17.6 Å². The predicted molar refractivity (Wildman–Crippen MR) is 70.2 cm³/mol. The highest BCUT2D eigenvalue weighted by Gasteiger charge is 2.21. The van der Waals surface area contributed by atoms with Crippen molar-refractivity contribution in [1.82, 2.24) is 0 Å². The second-order valence-electron chi connectivity index (χ2n) is 4.68. The maximum absolute atomic E-state index is 13.9. The van der Waals surface area contributed by atoms with Crippen LogP contribution in [0.4, 0.5) is 14.5 Å². The van der Waals surface area contributed by atoms with Crippen molar-refractivity contribution in [3.63, 3.8) is 0 Å². The van der Waals surface area contributed by atoms with Gasteiger partial charge in [-0.25, -0.2) is 13.6 Å². The Morgan fingerprint density at radius 3 is 2.42 bits per heavy atom. The minimum atomic E-state index is -1.18. The molecule has 3 nitrogen and oxygen atoms in total. The van der Waals surface area contributed by atoms with Gasteiger partial charge in [-0.3, -0.25) is 0 Å². The van der Waals surface area contributed by atoms with Crippen molar-refractivity contribution < 1.29 is 18.3 Å². The quantitative estimate of drug-likeness (QED) is 0.832. The number of nitrogens with one attached hydrogen (secondary N) is 1. The van der Waals surface area contributed by atoms with Crippen molar-refractivity contribution in [2.75, 3.05) is 12.4 Å². The third kappa shape index (κ3) is 3.43. The van der Waals surface area contributed by atoms with Crippen LogP contribution in [0.25, 0.3) is 0 Å². The van der Waals surface area contributed by atoms with E-state index in [0.29, 0.717) is 0 Å². The molecule has 1 aromatic carbocycles. The summed E-state index contributed by atoms with van der Waals surface area (Å²) in [7, 11) is 1.12. The molecule has 0 aliphatic heterocycles. The van der Waals surface area contributed by atoms with Gasteiger partial charge >= 0.3 is 5.97 Å². The van der Waals surface area contributed by atoms with Crippen LogP contribution in [0.5, 0.6) is 0 Å². The lowest BCUT2D eigenvalue weighted by Gasteiger charge is -2.22. The van der Waals surface area contributed by atoms with Gasteiger partial charge in [0, 0.05) is 6.04 Å². The van der Waals surface area contributed by atoms with Gasteiger partial charge in [0.25, 0.3) is 0 Å². The summed E-state index contributed by atoms with van der Waals surface area (Å²) in [4.78, 5) is 11.2. The zero-order valence-electron chi connectivity index (χ0n) is 11.6. The van der Waals surface area contributed by atoms with Crippen molar-refractivity contribution in [2.24, 2.45) is 5.92 Å². The van der Waals surface area contributed by atoms with Crippen LogP contribution < -0.4 is 5.32 Å². The molecule has 1 aromatic rings. The van der Waals surface area contributed by atoms with Crippen LogP contribution in [-0.2, 0) is 4.74 Å². The van der Waals surface area contributed by atoms with E-state index < -0.39 is 23.2 Å². The summed E-state index contributed by atoms with van der Waals surface area (Å²) in [5.41, 5.74) is -0.339. The Morgan fingerprint density at radius 2 is 1.95 bits per heavy atom. The predicted octanol–water partition coefficient (Wildman–Crippen LogP) is 3.60. The van der Waals surface area contributed by atoms with Crippen LogP contribution in [-0.4, -0.2) is 19.1 Å². The zero-order valence-corrected chi connectivity index (χ0v) is 11.6. The Balaban J connectivity index is 3.06. The minimum absolute atomic E-state index is 0.0397. The second-order valence-corrected chi connectivity index (χ2v) is 4.68. The molecule has 1 unspecified atom stereocenters. The van der Waals surface area contributed by atoms with Gasteiger partial charge < -0.3 is 10.1 Å². The van der Waals surface area contributed by atoms with Crippen molar-refractivity contribution in [1.29, 1.82) is 0 Å². The van der Waals surface area contributed by atoms with E-state index >= 15 is 0 Å². The number of esters is 1. The Hall–Kier alpha value is -1.65. The number of halogens is 2. The summed E-state index contributed by atoms with van der Waals surface area (Å²) in [6.07, 6.45) is 0.789. The average molecular weight is 271 g/mol. The van der Waals surface area contributed by atoms with Gasteiger partial charge in [-0.2, -0.15) is 0 Å². The number of benzene rings is 1. The first kappa shape index (κ1) is 15.4. The second kappa shape index (κ2) is 6.50. The first-order valence-corrected chi connectivity index (χ1v) is 6.25. The molecule has 0 bridgehead atoms. The van der Waals surface area contributed by atoms with Crippen LogP contribution in [0.15, 0.2) is 12.1 Å². The van der Waals surface area contributed by atoms with Gasteiger partial charge in [0.15, 0.2) is 11.6 Å². The molecule has 5 heteroatoms. The highest BCUT2D eigenvalue weighted by atomic mass is 19.2. The molecule has 1 N–H and O–H groups in total. The van der Waals surface area contributed by atoms with Crippen LogP contribution in [0.3, 0.4) is 0 Å². The molecule has 0 radical (unpaired) electrons. The van der Waals surface area contributed by atoms with Gasteiger partial charge in [-0.15, -0.1) is 0 Å². The summed E-state index contributed by atoms with van der Waals surface area (Å²) in [6, 6.07) is 2.62. The number of rotatable bonds is 5. The molecule has 0 fully saturated rings. The maximum atomic E-state index is 13.9. The van der Waals surface area contributed by atoms with E-state index in [1.807, 2.05) is 20.8 Å². The molecular weight excluding hydrogens is 252 g/mol. The van der Waals surface area contributed by atoms with E-state index in [0.717, 1.165) is 13.5 Å². The van der Waals surface area contributed by atoms with E-state index in [1.165, 1.54) is 12.1 Å². The zero-order chi connectivity index (χ0) is 14.6. The molecule has 0 amide bonds. The molecule has 19 heavy (non-hydrogen) atoms. The van der Waals surface area contributed by atoms with Crippen LogP contribution in [0.1, 0.15) is 37.6 Å². The molecule has 0 aliphatic carbocycles. The first-order chi connectivity index (χ1) is 8.92. The fourth-order valence-electron chi connectivity index (χ4n) is 1.87. The lowest BCUT2D eigenvalue weighted by Crippen LogP contribution is -2.25. The highest BCUT2D eigenvalue weighted by Crippen LogP contribution is 2.23. The summed E-state index contributed by atoms with van der Waals surface area (Å²) >= 11 is 0. The SMILES string of the molecule is CCC(Nc1ccc(C(=O)OC)c(F)c1F)C(C)C. The number of hydrogen-bond donors (Lipinski definition) is 1. The topological polar surface area (TPSA) is 38.3 Å². The maximum Gasteiger partial charge on any atom is 0.340 e. The lowest BCUT2D eigenvalue weighted by atomic mass is 10.0. The number of hydrogen-bond acceptors (Lipinski definition) is 3. The largest absolute Gasteiger partial charge is 0.465 e. The molecular formula is C14H19F2NO2. The fourth-order valence-corrected chi connectivity index (χ4v) is 1.87. The molecule has 0 saturated carbocycles. The monoisotopic (exact) mass is 271 g/mol. The Kier molecular flexibility index (Phi) is 5.27. The van der Waals surface area contributed by atoms with Crippen LogP contribution in [0, 0.1) is 17.6 Å². The third-order valence-corrected chi connectivity index (χ3v) is 3.07. The molecule has 0 saturated heterocycles.